The van der Waals surface area contributed by atoms with Gasteiger partial charge in [0.25, 0.3) is 5.56 Å². The van der Waals surface area contributed by atoms with E-state index in [9.17, 15) is 14.4 Å². The van der Waals surface area contributed by atoms with Crippen LogP contribution >= 0.6 is 0 Å². The fourth-order valence-electron chi connectivity index (χ4n) is 3.54. The summed E-state index contributed by atoms with van der Waals surface area (Å²) in [6.07, 6.45) is 1.66. The molecule has 1 fully saturated rings. The highest BCUT2D eigenvalue weighted by atomic mass is 16.2. The molecule has 3 heterocycles. The summed E-state index contributed by atoms with van der Waals surface area (Å²) >= 11 is 0. The van der Waals surface area contributed by atoms with Gasteiger partial charge in [0.2, 0.25) is 5.91 Å². The number of fused-ring (bicyclic) bond motifs is 4. The van der Waals surface area contributed by atoms with Crippen molar-refractivity contribution in [2.75, 3.05) is 13.1 Å². The molecule has 0 aliphatic carbocycles. The molecule has 2 atom stereocenters. The third kappa shape index (κ3) is 2.77. The largest absolute Gasteiger partial charge is 0.342 e. The van der Waals surface area contributed by atoms with Crippen molar-refractivity contribution in [1.82, 2.24) is 9.47 Å². The fraction of sp³-hybridized carbons (Fsp3) is 0.562. The molecule has 5 nitrogen and oxygen atoms in total. The van der Waals surface area contributed by atoms with Crippen LogP contribution in [0.1, 0.15) is 37.8 Å². The van der Waals surface area contributed by atoms with E-state index in [0.717, 1.165) is 12.1 Å². The van der Waals surface area contributed by atoms with Gasteiger partial charge in [0.1, 0.15) is 5.78 Å². The predicted octanol–water partition coefficient (Wildman–Crippen LogP) is 1.16. The molecule has 1 aromatic rings. The van der Waals surface area contributed by atoms with Crippen LogP contribution in [0.5, 0.6) is 0 Å². The van der Waals surface area contributed by atoms with Gasteiger partial charge >= 0.3 is 0 Å². The van der Waals surface area contributed by atoms with Gasteiger partial charge in [-0.1, -0.05) is 6.07 Å². The molecule has 2 aliphatic rings. The van der Waals surface area contributed by atoms with Crippen molar-refractivity contribution < 1.29 is 9.59 Å². The number of amides is 1. The van der Waals surface area contributed by atoms with Gasteiger partial charge in [-0.15, -0.1) is 0 Å². The number of carbonyl (C=O) groups is 2. The van der Waals surface area contributed by atoms with Gasteiger partial charge in [-0.25, -0.2) is 0 Å². The quantitative estimate of drug-likeness (QED) is 0.838. The average Bonchev–Trinajstić information content (AvgIpc) is 2.45. The van der Waals surface area contributed by atoms with Crippen LogP contribution in [0.25, 0.3) is 0 Å². The summed E-state index contributed by atoms with van der Waals surface area (Å²) in [5, 5.41) is 0. The first-order valence-corrected chi connectivity index (χ1v) is 7.51. The lowest BCUT2D eigenvalue weighted by atomic mass is 9.83. The van der Waals surface area contributed by atoms with Crippen LogP contribution in [0.3, 0.4) is 0 Å². The molecule has 112 valence electrons. The zero-order chi connectivity index (χ0) is 15.0. The number of rotatable bonds is 3. The van der Waals surface area contributed by atoms with Gasteiger partial charge in [0.15, 0.2) is 0 Å². The molecule has 0 N–H and O–H groups in total. The molecule has 0 unspecified atom stereocenters. The topological polar surface area (TPSA) is 59.4 Å². The molecule has 3 rings (SSSR count). The van der Waals surface area contributed by atoms with Crippen molar-refractivity contribution in [3.63, 3.8) is 0 Å². The highest BCUT2D eigenvalue weighted by Gasteiger charge is 2.35. The number of hydrogen-bond acceptors (Lipinski definition) is 3. The smallest absolute Gasteiger partial charge is 0.250 e. The summed E-state index contributed by atoms with van der Waals surface area (Å²) in [5.41, 5.74) is 1.10. The number of pyridine rings is 1. The third-order valence-electron chi connectivity index (χ3n) is 4.52. The number of hydrogen-bond donors (Lipinski definition) is 0. The zero-order valence-electron chi connectivity index (χ0n) is 12.2. The minimum absolute atomic E-state index is 0.0532. The van der Waals surface area contributed by atoms with E-state index in [2.05, 4.69) is 0 Å². The second-order valence-electron chi connectivity index (χ2n) is 6.20. The summed E-state index contributed by atoms with van der Waals surface area (Å²) in [6, 6.07) is 5.39. The summed E-state index contributed by atoms with van der Waals surface area (Å²) in [5.74, 6) is 0.703. The van der Waals surface area contributed by atoms with E-state index in [1.807, 2.05) is 15.5 Å². The molecule has 5 heteroatoms. The Morgan fingerprint density at radius 1 is 1.19 bits per heavy atom. The van der Waals surface area contributed by atoms with Gasteiger partial charge < -0.3 is 14.3 Å². The molecule has 0 spiro atoms. The van der Waals surface area contributed by atoms with E-state index in [1.54, 1.807) is 12.1 Å². The Bertz CT molecular complexity index is 635. The summed E-state index contributed by atoms with van der Waals surface area (Å²) < 4.78 is 1.86. The molecule has 1 amide bonds. The fourth-order valence-corrected chi connectivity index (χ4v) is 3.54. The van der Waals surface area contributed by atoms with Crippen LogP contribution in [0.15, 0.2) is 23.0 Å². The second-order valence-corrected chi connectivity index (χ2v) is 6.20. The molecule has 0 saturated carbocycles. The third-order valence-corrected chi connectivity index (χ3v) is 4.52. The van der Waals surface area contributed by atoms with E-state index in [-0.39, 0.29) is 23.2 Å². The number of likely N-dealkylation sites (tertiary alicyclic amines) is 1. The monoisotopic (exact) mass is 288 g/mol. The molecule has 21 heavy (non-hydrogen) atoms. The van der Waals surface area contributed by atoms with Crippen LogP contribution in [-0.2, 0) is 16.1 Å². The van der Waals surface area contributed by atoms with E-state index >= 15 is 0 Å². The standard InChI is InChI=1S/C16H20N2O3/c1-11(19)5-6-15(20)17-8-12-7-13(10-17)14-3-2-4-16(21)18(14)9-12/h2-4,12-13H,5-10H2,1H3/t12-,13+/m0/s1. The van der Waals surface area contributed by atoms with Gasteiger partial charge in [-0.05, 0) is 25.3 Å². The Balaban J connectivity index is 1.77. The van der Waals surface area contributed by atoms with Crippen molar-refractivity contribution in [1.29, 1.82) is 0 Å². The maximum atomic E-state index is 12.2. The summed E-state index contributed by atoms with van der Waals surface area (Å²) in [4.78, 5) is 37.0. The first-order valence-electron chi connectivity index (χ1n) is 7.51. The van der Waals surface area contributed by atoms with Crippen LogP contribution < -0.4 is 5.56 Å². The Labute approximate surface area is 123 Å². The Kier molecular flexibility index (Phi) is 3.66. The Morgan fingerprint density at radius 3 is 2.76 bits per heavy atom. The minimum atomic E-state index is 0.0532. The first-order chi connectivity index (χ1) is 10.0. The van der Waals surface area contributed by atoms with E-state index < -0.39 is 0 Å². The highest BCUT2D eigenvalue weighted by molar-refractivity contribution is 5.83. The molecule has 0 radical (unpaired) electrons. The lowest BCUT2D eigenvalue weighted by molar-refractivity contribution is -0.135. The van der Waals surface area contributed by atoms with Gasteiger partial charge in [-0.3, -0.25) is 9.59 Å². The summed E-state index contributed by atoms with van der Waals surface area (Å²) in [7, 11) is 0. The van der Waals surface area contributed by atoms with E-state index in [0.29, 0.717) is 38.4 Å². The lowest BCUT2D eigenvalue weighted by Gasteiger charge is -2.42. The van der Waals surface area contributed by atoms with Crippen molar-refractivity contribution in [3.8, 4) is 0 Å². The van der Waals surface area contributed by atoms with Gasteiger partial charge in [0.05, 0.1) is 0 Å². The number of piperidine rings is 1. The van der Waals surface area contributed by atoms with Gasteiger partial charge in [-0.2, -0.15) is 0 Å². The number of aromatic nitrogens is 1. The van der Waals surface area contributed by atoms with Crippen LogP contribution in [0.4, 0.5) is 0 Å². The molecule has 1 aromatic heterocycles. The number of nitrogens with zero attached hydrogens (tertiary/aromatic N) is 2. The molecular weight excluding hydrogens is 268 g/mol. The zero-order valence-corrected chi connectivity index (χ0v) is 12.2. The average molecular weight is 288 g/mol. The minimum Gasteiger partial charge on any atom is -0.342 e. The molecule has 2 bridgehead atoms. The summed E-state index contributed by atoms with van der Waals surface area (Å²) in [6.45, 7) is 3.58. The maximum absolute atomic E-state index is 12.2. The van der Waals surface area contributed by atoms with Crippen molar-refractivity contribution in [3.05, 3.63) is 34.2 Å². The lowest BCUT2D eigenvalue weighted by Crippen LogP contribution is -2.49. The van der Waals surface area contributed by atoms with Crippen molar-refractivity contribution in [2.45, 2.75) is 38.6 Å². The first kappa shape index (κ1) is 14.0. The normalized spacial score (nSPS) is 23.6. The van der Waals surface area contributed by atoms with Crippen molar-refractivity contribution in [2.24, 2.45) is 5.92 Å². The molecule has 1 saturated heterocycles. The number of carbonyl (C=O) groups excluding carboxylic acids is 2. The SMILES string of the molecule is CC(=O)CCC(=O)N1C[C@@H]2C[C@H](C1)c1cccc(=O)n1C2. The van der Waals surface area contributed by atoms with Crippen LogP contribution in [0, 0.1) is 5.92 Å². The van der Waals surface area contributed by atoms with Crippen molar-refractivity contribution >= 4 is 11.7 Å². The number of ketones is 1. The Hall–Kier alpha value is -1.91. The molecule has 2 aliphatic heterocycles. The Morgan fingerprint density at radius 2 is 2.00 bits per heavy atom. The van der Waals surface area contributed by atoms with E-state index in [4.69, 9.17) is 0 Å². The van der Waals surface area contributed by atoms with E-state index in [1.165, 1.54) is 6.92 Å². The number of Topliss-reactive ketones (excluding diaryl/α,β-unsaturated/α-hetero) is 1. The van der Waals surface area contributed by atoms with Crippen LogP contribution in [0.2, 0.25) is 0 Å². The maximum Gasteiger partial charge on any atom is 0.250 e. The molecular formula is C16H20N2O3. The van der Waals surface area contributed by atoms with Crippen LogP contribution in [-0.4, -0.2) is 34.2 Å². The van der Waals surface area contributed by atoms with Gasteiger partial charge in [0, 0.05) is 50.2 Å². The predicted molar refractivity (Wildman–Crippen MR) is 78.0 cm³/mol. The molecule has 0 aromatic carbocycles. The second kappa shape index (κ2) is 5.47. The highest BCUT2D eigenvalue weighted by Crippen LogP contribution is 2.35.